The first kappa shape index (κ1) is 16.7. The van der Waals surface area contributed by atoms with Crippen molar-refractivity contribution in [1.82, 2.24) is 4.90 Å². The number of ketones is 1. The molecule has 0 radical (unpaired) electrons. The van der Waals surface area contributed by atoms with E-state index in [1.54, 1.807) is 7.11 Å². The second kappa shape index (κ2) is 8.07. The summed E-state index contributed by atoms with van der Waals surface area (Å²) in [7, 11) is 1.62. The SMILES string of the molecule is COCCN(CCC(=O)c1cc(F)cc(F)c1)C(C)C. The molecule has 1 aromatic carbocycles. The standard InChI is InChI=1S/C15H21F2NO2/c1-11(2)18(6-7-20-3)5-4-15(19)12-8-13(16)10-14(17)9-12/h8-11H,4-7H2,1-3H3. The largest absolute Gasteiger partial charge is 0.383 e. The summed E-state index contributed by atoms with van der Waals surface area (Å²) in [6, 6.07) is 3.18. The molecule has 0 bridgehead atoms. The van der Waals surface area contributed by atoms with E-state index in [0.29, 0.717) is 13.2 Å². The van der Waals surface area contributed by atoms with Crippen molar-refractivity contribution in [2.75, 3.05) is 26.8 Å². The molecule has 0 aromatic heterocycles. The van der Waals surface area contributed by atoms with E-state index in [2.05, 4.69) is 4.90 Å². The Hall–Kier alpha value is -1.33. The predicted octanol–water partition coefficient (Wildman–Crippen LogP) is 2.89. The highest BCUT2D eigenvalue weighted by Gasteiger charge is 2.14. The van der Waals surface area contributed by atoms with Crippen LogP contribution >= 0.6 is 0 Å². The molecule has 20 heavy (non-hydrogen) atoms. The fourth-order valence-electron chi connectivity index (χ4n) is 1.94. The second-order valence-electron chi connectivity index (χ2n) is 4.95. The molecule has 0 atom stereocenters. The Balaban J connectivity index is 2.60. The lowest BCUT2D eigenvalue weighted by molar-refractivity contribution is 0.0926. The van der Waals surface area contributed by atoms with Gasteiger partial charge in [-0.15, -0.1) is 0 Å². The summed E-state index contributed by atoms with van der Waals surface area (Å²) in [4.78, 5) is 14.1. The van der Waals surface area contributed by atoms with Crippen LogP contribution in [0.3, 0.4) is 0 Å². The number of halogens is 2. The molecule has 0 spiro atoms. The van der Waals surface area contributed by atoms with E-state index in [1.807, 2.05) is 13.8 Å². The van der Waals surface area contributed by atoms with Crippen LogP contribution in [0, 0.1) is 11.6 Å². The quantitative estimate of drug-likeness (QED) is 0.688. The number of methoxy groups -OCH3 is 1. The minimum atomic E-state index is -0.728. The van der Waals surface area contributed by atoms with Gasteiger partial charge >= 0.3 is 0 Å². The Labute approximate surface area is 118 Å². The Morgan fingerprint density at radius 2 is 1.80 bits per heavy atom. The number of nitrogens with zero attached hydrogens (tertiary/aromatic N) is 1. The van der Waals surface area contributed by atoms with Gasteiger partial charge in [0.2, 0.25) is 0 Å². The summed E-state index contributed by atoms with van der Waals surface area (Å²) >= 11 is 0. The molecule has 0 fully saturated rings. The first-order valence-corrected chi connectivity index (χ1v) is 6.66. The molecule has 0 amide bonds. The third kappa shape index (κ3) is 5.35. The fourth-order valence-corrected chi connectivity index (χ4v) is 1.94. The minimum absolute atomic E-state index is 0.0814. The predicted molar refractivity (Wildman–Crippen MR) is 73.9 cm³/mol. The van der Waals surface area contributed by atoms with E-state index in [9.17, 15) is 13.6 Å². The minimum Gasteiger partial charge on any atom is -0.383 e. The van der Waals surface area contributed by atoms with Gasteiger partial charge < -0.3 is 4.74 Å². The summed E-state index contributed by atoms with van der Waals surface area (Å²) in [5.41, 5.74) is 0.0814. The zero-order valence-corrected chi connectivity index (χ0v) is 12.2. The smallest absolute Gasteiger partial charge is 0.164 e. The Bertz CT molecular complexity index is 429. The highest BCUT2D eigenvalue weighted by atomic mass is 19.1. The summed E-state index contributed by atoms with van der Waals surface area (Å²) in [6.07, 6.45) is 0.227. The van der Waals surface area contributed by atoms with E-state index in [1.165, 1.54) is 0 Å². The molecule has 1 rings (SSSR count). The average Bonchev–Trinajstić information content (AvgIpc) is 2.36. The Kier molecular flexibility index (Phi) is 6.75. The molecule has 0 saturated heterocycles. The lowest BCUT2D eigenvalue weighted by atomic mass is 10.1. The molecule has 0 aliphatic heterocycles. The van der Waals surface area contributed by atoms with Gasteiger partial charge in [0.25, 0.3) is 0 Å². The van der Waals surface area contributed by atoms with Crippen molar-refractivity contribution < 1.29 is 18.3 Å². The maximum absolute atomic E-state index is 13.1. The summed E-state index contributed by atoms with van der Waals surface area (Å²) < 4.78 is 31.1. The van der Waals surface area contributed by atoms with Gasteiger partial charge in [0.15, 0.2) is 5.78 Å². The van der Waals surface area contributed by atoms with Crippen LogP contribution < -0.4 is 0 Å². The van der Waals surface area contributed by atoms with Crippen LogP contribution in [0.15, 0.2) is 18.2 Å². The number of benzene rings is 1. The normalized spacial score (nSPS) is 11.3. The van der Waals surface area contributed by atoms with Crippen molar-refractivity contribution >= 4 is 5.78 Å². The number of carbonyl (C=O) groups excluding carboxylic acids is 1. The molecule has 112 valence electrons. The lowest BCUT2D eigenvalue weighted by Gasteiger charge is -2.25. The van der Waals surface area contributed by atoms with Crippen LogP contribution in [-0.4, -0.2) is 43.5 Å². The number of hydrogen-bond acceptors (Lipinski definition) is 3. The fraction of sp³-hybridized carbons (Fsp3) is 0.533. The van der Waals surface area contributed by atoms with Gasteiger partial charge in [-0.3, -0.25) is 9.69 Å². The summed E-state index contributed by atoms with van der Waals surface area (Å²) in [5, 5.41) is 0. The highest BCUT2D eigenvalue weighted by molar-refractivity contribution is 5.96. The highest BCUT2D eigenvalue weighted by Crippen LogP contribution is 2.11. The monoisotopic (exact) mass is 285 g/mol. The number of hydrogen-bond donors (Lipinski definition) is 0. The van der Waals surface area contributed by atoms with E-state index in [0.717, 1.165) is 24.7 Å². The van der Waals surface area contributed by atoms with Gasteiger partial charge in [-0.1, -0.05) is 0 Å². The zero-order chi connectivity index (χ0) is 15.1. The number of rotatable bonds is 8. The molecule has 0 saturated carbocycles. The second-order valence-corrected chi connectivity index (χ2v) is 4.95. The molecule has 3 nitrogen and oxygen atoms in total. The molecule has 0 aliphatic rings. The number of carbonyl (C=O) groups is 1. The van der Waals surface area contributed by atoms with E-state index >= 15 is 0 Å². The van der Waals surface area contributed by atoms with Crippen molar-refractivity contribution in [3.05, 3.63) is 35.4 Å². The van der Waals surface area contributed by atoms with Crippen molar-refractivity contribution in [2.45, 2.75) is 26.3 Å². The number of ether oxygens (including phenoxy) is 1. The van der Waals surface area contributed by atoms with Gasteiger partial charge in [0.1, 0.15) is 11.6 Å². The van der Waals surface area contributed by atoms with Crippen LogP contribution in [0.5, 0.6) is 0 Å². The average molecular weight is 285 g/mol. The number of Topliss-reactive ketones (excluding diaryl/α,β-unsaturated/α-hetero) is 1. The third-order valence-electron chi connectivity index (χ3n) is 3.12. The zero-order valence-electron chi connectivity index (χ0n) is 12.2. The Morgan fingerprint density at radius 3 is 2.30 bits per heavy atom. The topological polar surface area (TPSA) is 29.5 Å². The van der Waals surface area contributed by atoms with Crippen LogP contribution in [0.2, 0.25) is 0 Å². The van der Waals surface area contributed by atoms with Gasteiger partial charge in [-0.25, -0.2) is 8.78 Å². The van der Waals surface area contributed by atoms with Gasteiger partial charge in [0, 0.05) is 44.3 Å². The van der Waals surface area contributed by atoms with Crippen LogP contribution in [0.4, 0.5) is 8.78 Å². The third-order valence-corrected chi connectivity index (χ3v) is 3.12. The van der Waals surface area contributed by atoms with Crippen molar-refractivity contribution in [3.63, 3.8) is 0 Å². The van der Waals surface area contributed by atoms with E-state index < -0.39 is 11.6 Å². The van der Waals surface area contributed by atoms with E-state index in [-0.39, 0.29) is 23.8 Å². The van der Waals surface area contributed by atoms with Gasteiger partial charge in [0.05, 0.1) is 6.61 Å². The van der Waals surface area contributed by atoms with Gasteiger partial charge in [-0.05, 0) is 26.0 Å². The lowest BCUT2D eigenvalue weighted by Crippen LogP contribution is -2.35. The molecule has 0 heterocycles. The van der Waals surface area contributed by atoms with Gasteiger partial charge in [-0.2, -0.15) is 0 Å². The molecule has 1 aromatic rings. The van der Waals surface area contributed by atoms with Crippen LogP contribution in [-0.2, 0) is 4.74 Å². The maximum atomic E-state index is 13.1. The van der Waals surface area contributed by atoms with E-state index in [4.69, 9.17) is 4.74 Å². The molecule has 0 unspecified atom stereocenters. The molecule has 0 N–H and O–H groups in total. The molecule has 0 aliphatic carbocycles. The maximum Gasteiger partial charge on any atom is 0.164 e. The first-order chi connectivity index (χ1) is 9.43. The van der Waals surface area contributed by atoms with Crippen LogP contribution in [0.25, 0.3) is 0 Å². The first-order valence-electron chi connectivity index (χ1n) is 6.66. The molecular weight excluding hydrogens is 264 g/mol. The Morgan fingerprint density at radius 1 is 1.20 bits per heavy atom. The summed E-state index contributed by atoms with van der Waals surface area (Å²) in [5.74, 6) is -1.71. The summed E-state index contributed by atoms with van der Waals surface area (Å²) in [6.45, 7) is 5.90. The molecule has 5 heteroatoms. The van der Waals surface area contributed by atoms with Crippen LogP contribution in [0.1, 0.15) is 30.6 Å². The van der Waals surface area contributed by atoms with Crippen molar-refractivity contribution in [1.29, 1.82) is 0 Å². The molecular formula is C15H21F2NO2. The van der Waals surface area contributed by atoms with Crippen molar-refractivity contribution in [2.24, 2.45) is 0 Å². The van der Waals surface area contributed by atoms with Crippen molar-refractivity contribution in [3.8, 4) is 0 Å².